The van der Waals surface area contributed by atoms with Gasteiger partial charge in [-0.2, -0.15) is 0 Å². The summed E-state index contributed by atoms with van der Waals surface area (Å²) < 4.78 is 23.3. The molecule has 126 valence electrons. The Morgan fingerprint density at radius 1 is 1.41 bits per heavy atom. The summed E-state index contributed by atoms with van der Waals surface area (Å²) in [6, 6.07) is -0.0810. The molecule has 6 nitrogen and oxygen atoms in total. The van der Waals surface area contributed by atoms with Gasteiger partial charge < -0.3 is 9.80 Å². The summed E-state index contributed by atoms with van der Waals surface area (Å²) in [7, 11) is -3.02. The van der Waals surface area contributed by atoms with E-state index in [1.54, 1.807) is 9.80 Å². The van der Waals surface area contributed by atoms with Crippen molar-refractivity contribution in [1.29, 1.82) is 0 Å². The fourth-order valence-corrected chi connectivity index (χ4v) is 5.12. The highest BCUT2D eigenvalue weighted by Crippen LogP contribution is 2.26. The minimum absolute atomic E-state index is 0.0304. The predicted molar refractivity (Wildman–Crippen MR) is 84.0 cm³/mol. The van der Waals surface area contributed by atoms with Crippen LogP contribution in [-0.4, -0.2) is 66.7 Å². The maximum absolute atomic E-state index is 12.7. The van der Waals surface area contributed by atoms with Crippen molar-refractivity contribution in [2.45, 2.75) is 52.1 Å². The molecule has 0 aromatic heterocycles. The van der Waals surface area contributed by atoms with Crippen molar-refractivity contribution >= 4 is 21.7 Å². The Balaban J connectivity index is 2.05. The van der Waals surface area contributed by atoms with Crippen molar-refractivity contribution in [2.75, 3.05) is 24.6 Å². The van der Waals surface area contributed by atoms with Gasteiger partial charge in [0.05, 0.1) is 17.4 Å². The molecule has 0 N–H and O–H groups in total. The smallest absolute Gasteiger partial charge is 0.228 e. The van der Waals surface area contributed by atoms with E-state index in [0.29, 0.717) is 19.5 Å². The molecule has 0 bridgehead atoms. The van der Waals surface area contributed by atoms with Gasteiger partial charge >= 0.3 is 0 Å². The normalized spacial score (nSPS) is 28.9. The summed E-state index contributed by atoms with van der Waals surface area (Å²) >= 11 is 0. The van der Waals surface area contributed by atoms with E-state index >= 15 is 0 Å². The Bertz CT molecular complexity index is 546. The van der Waals surface area contributed by atoms with Crippen LogP contribution in [0.1, 0.15) is 40.0 Å². The first kappa shape index (κ1) is 17.2. The summed E-state index contributed by atoms with van der Waals surface area (Å²) in [6.07, 6.45) is 1.63. The number of hydrogen-bond donors (Lipinski definition) is 0. The summed E-state index contributed by atoms with van der Waals surface area (Å²) in [5, 5.41) is 0. The van der Waals surface area contributed by atoms with Gasteiger partial charge in [0.15, 0.2) is 9.84 Å². The Labute approximate surface area is 132 Å². The van der Waals surface area contributed by atoms with Gasteiger partial charge in [-0.3, -0.25) is 9.59 Å². The predicted octanol–water partition coefficient (Wildman–Crippen LogP) is 0.669. The van der Waals surface area contributed by atoms with Gasteiger partial charge in [-0.15, -0.1) is 0 Å². The number of carbonyl (C=O) groups excluding carboxylic acids is 2. The standard InChI is InChI=1S/C15H26N2O4S/c1-4-11(3)17-9-12(8-14(17)18)15(19)16(5-2)13-6-7-22(20,21)10-13/h11-13H,4-10H2,1-3H3. The summed E-state index contributed by atoms with van der Waals surface area (Å²) in [5.74, 6) is -0.150. The number of hydrogen-bond acceptors (Lipinski definition) is 4. The lowest BCUT2D eigenvalue weighted by molar-refractivity contribution is -0.137. The summed E-state index contributed by atoms with van der Waals surface area (Å²) in [4.78, 5) is 28.3. The van der Waals surface area contributed by atoms with Crippen LogP contribution in [0.2, 0.25) is 0 Å². The van der Waals surface area contributed by atoms with Crippen LogP contribution in [0.4, 0.5) is 0 Å². The fraction of sp³-hybridized carbons (Fsp3) is 0.867. The molecule has 2 rings (SSSR count). The third kappa shape index (κ3) is 3.45. The van der Waals surface area contributed by atoms with Crippen molar-refractivity contribution < 1.29 is 18.0 Å². The summed E-state index contributed by atoms with van der Waals surface area (Å²) in [6.45, 7) is 6.84. The lowest BCUT2D eigenvalue weighted by Gasteiger charge is -2.30. The first-order valence-corrected chi connectivity index (χ1v) is 9.91. The maximum Gasteiger partial charge on any atom is 0.228 e. The molecule has 0 aromatic rings. The van der Waals surface area contributed by atoms with Crippen LogP contribution in [0.15, 0.2) is 0 Å². The molecule has 0 aliphatic carbocycles. The van der Waals surface area contributed by atoms with Crippen LogP contribution in [-0.2, 0) is 19.4 Å². The zero-order valence-electron chi connectivity index (χ0n) is 13.6. The zero-order chi connectivity index (χ0) is 16.5. The second-order valence-corrected chi connectivity index (χ2v) is 8.61. The van der Waals surface area contributed by atoms with E-state index in [4.69, 9.17) is 0 Å². The van der Waals surface area contributed by atoms with Gasteiger partial charge in [0.1, 0.15) is 0 Å². The van der Waals surface area contributed by atoms with Crippen LogP contribution >= 0.6 is 0 Å². The van der Waals surface area contributed by atoms with Gasteiger partial charge in [-0.25, -0.2) is 8.42 Å². The molecule has 2 aliphatic heterocycles. The molecule has 2 aliphatic rings. The maximum atomic E-state index is 12.7. The lowest BCUT2D eigenvalue weighted by atomic mass is 10.1. The van der Waals surface area contributed by atoms with Crippen LogP contribution in [0.25, 0.3) is 0 Å². The van der Waals surface area contributed by atoms with Gasteiger partial charge in [-0.05, 0) is 26.7 Å². The quantitative estimate of drug-likeness (QED) is 0.742. The van der Waals surface area contributed by atoms with Crippen LogP contribution in [0, 0.1) is 5.92 Å². The van der Waals surface area contributed by atoms with E-state index in [9.17, 15) is 18.0 Å². The monoisotopic (exact) mass is 330 g/mol. The van der Waals surface area contributed by atoms with Crippen molar-refractivity contribution in [2.24, 2.45) is 5.92 Å². The highest BCUT2D eigenvalue weighted by molar-refractivity contribution is 7.91. The first-order valence-electron chi connectivity index (χ1n) is 8.09. The Kier molecular flexibility index (Phi) is 5.14. The highest BCUT2D eigenvalue weighted by Gasteiger charge is 2.41. The lowest BCUT2D eigenvalue weighted by Crippen LogP contribution is -2.45. The number of likely N-dealkylation sites (tertiary alicyclic amines) is 1. The van der Waals surface area contributed by atoms with E-state index in [1.807, 2.05) is 20.8 Å². The molecule has 3 unspecified atom stereocenters. The molecule has 0 saturated carbocycles. The molecule has 7 heteroatoms. The Morgan fingerprint density at radius 2 is 2.09 bits per heavy atom. The molecule has 0 aromatic carbocycles. The third-order valence-corrected chi connectivity index (χ3v) is 6.65. The molecular formula is C15H26N2O4S. The molecule has 0 radical (unpaired) electrons. The molecule has 2 heterocycles. The molecule has 22 heavy (non-hydrogen) atoms. The summed E-state index contributed by atoms with van der Waals surface area (Å²) in [5.41, 5.74) is 0. The van der Waals surface area contributed by atoms with Crippen LogP contribution in [0.5, 0.6) is 0 Å². The van der Waals surface area contributed by atoms with E-state index in [1.165, 1.54) is 0 Å². The average molecular weight is 330 g/mol. The third-order valence-electron chi connectivity index (χ3n) is 4.90. The van der Waals surface area contributed by atoms with Crippen molar-refractivity contribution in [1.82, 2.24) is 9.80 Å². The van der Waals surface area contributed by atoms with Gasteiger partial charge in [0.25, 0.3) is 0 Å². The Hall–Kier alpha value is -1.11. The van der Waals surface area contributed by atoms with Gasteiger partial charge in [0.2, 0.25) is 11.8 Å². The number of sulfone groups is 1. The second kappa shape index (κ2) is 6.56. The fourth-order valence-electron chi connectivity index (χ4n) is 3.39. The zero-order valence-corrected chi connectivity index (χ0v) is 14.4. The molecule has 2 fully saturated rings. The van der Waals surface area contributed by atoms with E-state index in [2.05, 4.69) is 0 Å². The SMILES string of the molecule is CCC(C)N1CC(C(=O)N(CC)C2CCS(=O)(=O)C2)CC1=O. The van der Waals surface area contributed by atoms with Crippen molar-refractivity contribution in [3.05, 3.63) is 0 Å². The van der Waals surface area contributed by atoms with Crippen LogP contribution in [0.3, 0.4) is 0 Å². The van der Waals surface area contributed by atoms with E-state index < -0.39 is 9.84 Å². The average Bonchev–Trinajstić information content (AvgIpc) is 3.02. The number of amides is 2. The Morgan fingerprint density at radius 3 is 2.59 bits per heavy atom. The minimum atomic E-state index is -3.02. The first-order chi connectivity index (χ1) is 10.3. The van der Waals surface area contributed by atoms with E-state index in [0.717, 1.165) is 6.42 Å². The number of rotatable bonds is 5. The molecule has 2 saturated heterocycles. The molecule has 3 atom stereocenters. The number of carbonyl (C=O) groups is 2. The molecular weight excluding hydrogens is 304 g/mol. The van der Waals surface area contributed by atoms with Crippen LogP contribution < -0.4 is 0 Å². The van der Waals surface area contributed by atoms with Crippen molar-refractivity contribution in [3.63, 3.8) is 0 Å². The topological polar surface area (TPSA) is 74.8 Å². The minimum Gasteiger partial charge on any atom is -0.339 e. The largest absolute Gasteiger partial charge is 0.339 e. The highest BCUT2D eigenvalue weighted by atomic mass is 32.2. The molecule has 0 spiro atoms. The second-order valence-electron chi connectivity index (χ2n) is 6.39. The van der Waals surface area contributed by atoms with Crippen molar-refractivity contribution in [3.8, 4) is 0 Å². The van der Waals surface area contributed by atoms with Gasteiger partial charge in [0, 0.05) is 31.6 Å². The van der Waals surface area contributed by atoms with Gasteiger partial charge in [-0.1, -0.05) is 6.92 Å². The molecule has 2 amide bonds. The van der Waals surface area contributed by atoms with E-state index in [-0.39, 0.29) is 47.7 Å². The number of nitrogens with zero attached hydrogens (tertiary/aromatic N) is 2.